The summed E-state index contributed by atoms with van der Waals surface area (Å²) < 4.78 is 35.8. The zero-order valence-electron chi connectivity index (χ0n) is 13.4. The molecule has 1 heterocycles. The summed E-state index contributed by atoms with van der Waals surface area (Å²) in [7, 11) is 0. The standard InChI is InChI=1S/C18H16BrF2NO3/c1-11-7-13(5-6-15(11)25-17(20)21)18(10-24-9-16(23)22-18)12-3-2-4-14(19)8-12/h2-8,17H,9-10H2,1H3,(H,22,23). The fourth-order valence-corrected chi connectivity index (χ4v) is 3.38. The predicted octanol–water partition coefficient (Wildman–Crippen LogP) is 3.75. The maximum Gasteiger partial charge on any atom is 0.387 e. The van der Waals surface area contributed by atoms with Gasteiger partial charge in [0.1, 0.15) is 17.9 Å². The van der Waals surface area contributed by atoms with Gasteiger partial charge in [0.15, 0.2) is 0 Å². The maximum absolute atomic E-state index is 12.5. The van der Waals surface area contributed by atoms with E-state index < -0.39 is 12.2 Å². The molecule has 132 valence electrons. The number of alkyl halides is 2. The summed E-state index contributed by atoms with van der Waals surface area (Å²) in [5.74, 6) is -0.136. The SMILES string of the molecule is Cc1cc(C2(c3cccc(Br)c3)COCC(=O)N2)ccc1OC(F)F. The van der Waals surface area contributed by atoms with Crippen LogP contribution in [0.1, 0.15) is 16.7 Å². The first-order chi connectivity index (χ1) is 11.9. The number of halogens is 3. The maximum atomic E-state index is 12.5. The average Bonchev–Trinajstić information content (AvgIpc) is 2.56. The van der Waals surface area contributed by atoms with Gasteiger partial charge in [-0.2, -0.15) is 8.78 Å². The van der Waals surface area contributed by atoms with Gasteiger partial charge in [0.05, 0.1) is 6.61 Å². The zero-order chi connectivity index (χ0) is 18.0. The lowest BCUT2D eigenvalue weighted by atomic mass is 9.82. The second-order valence-electron chi connectivity index (χ2n) is 5.82. The largest absolute Gasteiger partial charge is 0.435 e. The van der Waals surface area contributed by atoms with Crippen molar-refractivity contribution in [2.75, 3.05) is 13.2 Å². The van der Waals surface area contributed by atoms with Crippen LogP contribution in [0.2, 0.25) is 0 Å². The minimum atomic E-state index is -2.89. The molecule has 7 heteroatoms. The predicted molar refractivity (Wildman–Crippen MR) is 91.7 cm³/mol. The van der Waals surface area contributed by atoms with Crippen LogP contribution in [-0.4, -0.2) is 25.7 Å². The van der Waals surface area contributed by atoms with Crippen molar-refractivity contribution in [2.45, 2.75) is 19.1 Å². The van der Waals surface area contributed by atoms with Crippen LogP contribution in [0.3, 0.4) is 0 Å². The van der Waals surface area contributed by atoms with Crippen molar-refractivity contribution in [3.05, 3.63) is 63.6 Å². The molecule has 1 atom stereocenters. The number of benzene rings is 2. The molecule has 0 saturated carbocycles. The quantitative estimate of drug-likeness (QED) is 0.833. The smallest absolute Gasteiger partial charge is 0.387 e. The molecule has 0 bridgehead atoms. The Morgan fingerprint density at radius 2 is 2.00 bits per heavy atom. The Morgan fingerprint density at radius 3 is 2.64 bits per heavy atom. The van der Waals surface area contributed by atoms with E-state index in [0.29, 0.717) is 5.56 Å². The highest BCUT2D eigenvalue weighted by molar-refractivity contribution is 9.10. The van der Waals surface area contributed by atoms with E-state index in [1.54, 1.807) is 19.1 Å². The Labute approximate surface area is 152 Å². The molecule has 25 heavy (non-hydrogen) atoms. The first-order valence-corrected chi connectivity index (χ1v) is 8.41. The van der Waals surface area contributed by atoms with Gasteiger partial charge in [-0.15, -0.1) is 0 Å². The molecule has 0 aliphatic carbocycles. The fourth-order valence-electron chi connectivity index (χ4n) is 2.98. The summed E-state index contributed by atoms with van der Waals surface area (Å²) in [6, 6.07) is 12.4. The number of aryl methyl sites for hydroxylation is 1. The van der Waals surface area contributed by atoms with Crippen molar-refractivity contribution in [2.24, 2.45) is 0 Å². The van der Waals surface area contributed by atoms with Gasteiger partial charge in [-0.3, -0.25) is 4.79 Å². The molecule has 2 aromatic carbocycles. The number of carbonyl (C=O) groups is 1. The highest BCUT2D eigenvalue weighted by Crippen LogP contribution is 2.35. The summed E-state index contributed by atoms with van der Waals surface area (Å²) in [5.41, 5.74) is 1.22. The van der Waals surface area contributed by atoms with Gasteiger partial charge >= 0.3 is 6.61 Å². The van der Waals surface area contributed by atoms with Crippen molar-refractivity contribution in [3.63, 3.8) is 0 Å². The molecule has 1 N–H and O–H groups in total. The zero-order valence-corrected chi connectivity index (χ0v) is 15.0. The van der Waals surface area contributed by atoms with Gasteiger partial charge in [0.25, 0.3) is 0 Å². The third kappa shape index (κ3) is 3.67. The summed E-state index contributed by atoms with van der Waals surface area (Å²) in [4.78, 5) is 12.0. The molecular formula is C18H16BrF2NO3. The molecule has 1 saturated heterocycles. The number of ether oxygens (including phenoxy) is 2. The van der Waals surface area contributed by atoms with Crippen LogP contribution in [0.5, 0.6) is 5.75 Å². The van der Waals surface area contributed by atoms with Crippen LogP contribution in [0.15, 0.2) is 46.9 Å². The molecule has 3 rings (SSSR count). The number of morpholine rings is 1. The van der Waals surface area contributed by atoms with Crippen LogP contribution in [0.4, 0.5) is 8.78 Å². The average molecular weight is 412 g/mol. The molecule has 0 aromatic heterocycles. The van der Waals surface area contributed by atoms with E-state index in [1.807, 2.05) is 24.3 Å². The first-order valence-electron chi connectivity index (χ1n) is 7.61. The Hall–Kier alpha value is -1.99. The van der Waals surface area contributed by atoms with E-state index in [9.17, 15) is 13.6 Å². The number of hydrogen-bond acceptors (Lipinski definition) is 3. The summed E-state index contributed by atoms with van der Waals surface area (Å²) >= 11 is 3.44. The van der Waals surface area contributed by atoms with Gasteiger partial charge in [-0.25, -0.2) is 0 Å². The van der Waals surface area contributed by atoms with Crippen LogP contribution in [-0.2, 0) is 15.1 Å². The summed E-state index contributed by atoms with van der Waals surface area (Å²) in [5, 5.41) is 3.00. The molecule has 0 spiro atoms. The van der Waals surface area contributed by atoms with E-state index >= 15 is 0 Å². The van der Waals surface area contributed by atoms with Gasteiger partial charge in [-0.05, 0) is 47.9 Å². The van der Waals surface area contributed by atoms with Crippen molar-refractivity contribution >= 4 is 21.8 Å². The lowest BCUT2D eigenvalue weighted by molar-refractivity contribution is -0.134. The molecular weight excluding hydrogens is 396 g/mol. The fraction of sp³-hybridized carbons (Fsp3) is 0.278. The van der Waals surface area contributed by atoms with Crippen LogP contribution < -0.4 is 10.1 Å². The van der Waals surface area contributed by atoms with Gasteiger partial charge in [0, 0.05) is 4.47 Å². The Morgan fingerprint density at radius 1 is 1.24 bits per heavy atom. The molecule has 2 aromatic rings. The Kier molecular flexibility index (Phi) is 5.06. The number of nitrogens with one attached hydrogen (secondary N) is 1. The molecule has 1 aliphatic heterocycles. The van der Waals surface area contributed by atoms with E-state index in [4.69, 9.17) is 4.74 Å². The molecule has 1 unspecified atom stereocenters. The van der Waals surface area contributed by atoms with E-state index in [2.05, 4.69) is 26.0 Å². The van der Waals surface area contributed by atoms with Crippen molar-refractivity contribution in [1.82, 2.24) is 5.32 Å². The van der Waals surface area contributed by atoms with Crippen molar-refractivity contribution in [3.8, 4) is 5.75 Å². The molecule has 0 radical (unpaired) electrons. The lowest BCUT2D eigenvalue weighted by Gasteiger charge is -2.39. The second-order valence-corrected chi connectivity index (χ2v) is 6.73. The topological polar surface area (TPSA) is 47.6 Å². The number of carbonyl (C=O) groups excluding carboxylic acids is 1. The normalized spacial score (nSPS) is 20.4. The van der Waals surface area contributed by atoms with E-state index in [-0.39, 0.29) is 24.9 Å². The van der Waals surface area contributed by atoms with E-state index in [1.165, 1.54) is 6.07 Å². The minimum Gasteiger partial charge on any atom is -0.435 e. The van der Waals surface area contributed by atoms with Crippen molar-refractivity contribution < 1.29 is 23.0 Å². The number of hydrogen-bond donors (Lipinski definition) is 1. The van der Waals surface area contributed by atoms with Crippen LogP contribution in [0, 0.1) is 6.92 Å². The number of amides is 1. The van der Waals surface area contributed by atoms with E-state index in [0.717, 1.165) is 15.6 Å². The highest BCUT2D eigenvalue weighted by Gasteiger charge is 2.39. The second kappa shape index (κ2) is 7.09. The summed E-state index contributed by atoms with van der Waals surface area (Å²) in [6.07, 6.45) is 0. The highest BCUT2D eigenvalue weighted by atomic mass is 79.9. The molecule has 1 aliphatic rings. The minimum absolute atomic E-state index is 0.0126. The van der Waals surface area contributed by atoms with Crippen molar-refractivity contribution in [1.29, 1.82) is 0 Å². The monoisotopic (exact) mass is 411 g/mol. The molecule has 1 fully saturated rings. The third-order valence-corrected chi connectivity index (χ3v) is 4.60. The Bertz CT molecular complexity index is 800. The van der Waals surface area contributed by atoms with Gasteiger partial charge < -0.3 is 14.8 Å². The summed E-state index contributed by atoms with van der Waals surface area (Å²) in [6.45, 7) is -0.979. The van der Waals surface area contributed by atoms with Gasteiger partial charge in [-0.1, -0.05) is 34.1 Å². The van der Waals surface area contributed by atoms with Crippen LogP contribution in [0.25, 0.3) is 0 Å². The number of rotatable bonds is 4. The molecule has 4 nitrogen and oxygen atoms in total. The van der Waals surface area contributed by atoms with Crippen LogP contribution >= 0.6 is 15.9 Å². The third-order valence-electron chi connectivity index (χ3n) is 4.11. The lowest BCUT2D eigenvalue weighted by Crippen LogP contribution is -2.55. The van der Waals surface area contributed by atoms with Gasteiger partial charge in [0.2, 0.25) is 5.91 Å². The molecule has 1 amide bonds. The first kappa shape index (κ1) is 17.8. The Balaban J connectivity index is 2.09.